The molecule has 1 amide bonds. The number of halogens is 1. The van der Waals surface area contributed by atoms with Gasteiger partial charge in [-0.3, -0.25) is 9.48 Å². The van der Waals surface area contributed by atoms with Crippen molar-refractivity contribution in [2.45, 2.75) is 6.54 Å². The van der Waals surface area contributed by atoms with E-state index >= 15 is 0 Å². The van der Waals surface area contributed by atoms with Gasteiger partial charge in [0.15, 0.2) is 6.61 Å². The molecule has 2 aromatic rings. The Labute approximate surface area is 121 Å². The van der Waals surface area contributed by atoms with E-state index < -0.39 is 0 Å². The number of nitrogen functional groups attached to an aromatic ring is 1. The highest BCUT2D eigenvalue weighted by atomic mass is 35.5. The maximum atomic E-state index is 11.6. The Morgan fingerprint density at radius 1 is 1.50 bits per heavy atom. The van der Waals surface area contributed by atoms with Gasteiger partial charge in [0.25, 0.3) is 5.91 Å². The van der Waals surface area contributed by atoms with Crippen molar-refractivity contribution in [2.24, 2.45) is 0 Å². The lowest BCUT2D eigenvalue weighted by molar-refractivity contribution is -0.123. The Morgan fingerprint density at radius 2 is 2.35 bits per heavy atom. The molecule has 1 heterocycles. The van der Waals surface area contributed by atoms with Crippen molar-refractivity contribution in [2.75, 3.05) is 18.9 Å². The number of aromatic nitrogens is 2. The zero-order valence-electron chi connectivity index (χ0n) is 10.8. The van der Waals surface area contributed by atoms with Crippen LogP contribution in [0.2, 0.25) is 5.02 Å². The Hall–Kier alpha value is -2.21. The van der Waals surface area contributed by atoms with Crippen LogP contribution in [-0.4, -0.2) is 28.8 Å². The zero-order chi connectivity index (χ0) is 14.4. The first kappa shape index (κ1) is 14.2. The summed E-state index contributed by atoms with van der Waals surface area (Å²) in [5.74, 6) is 0.359. The molecule has 0 aliphatic carbocycles. The molecule has 3 N–H and O–H groups in total. The van der Waals surface area contributed by atoms with Gasteiger partial charge in [0.2, 0.25) is 0 Å². The molecule has 0 aliphatic heterocycles. The third kappa shape index (κ3) is 4.47. The van der Waals surface area contributed by atoms with Crippen molar-refractivity contribution in [1.82, 2.24) is 15.1 Å². The third-order valence-corrected chi connectivity index (χ3v) is 2.72. The van der Waals surface area contributed by atoms with Gasteiger partial charge in [-0.25, -0.2) is 0 Å². The average molecular weight is 295 g/mol. The summed E-state index contributed by atoms with van der Waals surface area (Å²) in [7, 11) is 0. The molecule has 0 saturated heterocycles. The van der Waals surface area contributed by atoms with Crippen molar-refractivity contribution in [1.29, 1.82) is 0 Å². The zero-order valence-corrected chi connectivity index (χ0v) is 11.5. The molecule has 0 aliphatic rings. The van der Waals surface area contributed by atoms with E-state index in [0.717, 1.165) is 0 Å². The lowest BCUT2D eigenvalue weighted by atomic mass is 10.3. The smallest absolute Gasteiger partial charge is 0.258 e. The second-order valence-electron chi connectivity index (χ2n) is 4.13. The minimum Gasteiger partial charge on any atom is -0.484 e. The molecule has 20 heavy (non-hydrogen) atoms. The van der Waals surface area contributed by atoms with Gasteiger partial charge < -0.3 is 15.8 Å². The molecule has 0 radical (unpaired) electrons. The minimum atomic E-state index is -0.204. The number of carbonyl (C=O) groups is 1. The maximum Gasteiger partial charge on any atom is 0.258 e. The van der Waals surface area contributed by atoms with Crippen LogP contribution in [0.4, 0.5) is 5.69 Å². The molecule has 1 aromatic heterocycles. The molecule has 0 bridgehead atoms. The number of hydrogen-bond donors (Lipinski definition) is 2. The van der Waals surface area contributed by atoms with Crippen LogP contribution < -0.4 is 15.8 Å². The van der Waals surface area contributed by atoms with E-state index in [1.165, 1.54) is 0 Å². The van der Waals surface area contributed by atoms with Crippen LogP contribution in [0.3, 0.4) is 0 Å². The summed E-state index contributed by atoms with van der Waals surface area (Å²) in [6.45, 7) is 0.959. The lowest BCUT2D eigenvalue weighted by Crippen LogP contribution is -2.31. The van der Waals surface area contributed by atoms with Crippen molar-refractivity contribution in [3.63, 3.8) is 0 Å². The second kappa shape index (κ2) is 6.81. The molecule has 0 atom stereocenters. The summed E-state index contributed by atoms with van der Waals surface area (Å²) in [6.07, 6.45) is 3.26. The molecule has 0 unspecified atom stereocenters. The number of rotatable bonds is 6. The fraction of sp³-hybridized carbons (Fsp3) is 0.231. The summed E-state index contributed by atoms with van der Waals surface area (Å²) >= 11 is 5.81. The Morgan fingerprint density at radius 3 is 3.05 bits per heavy atom. The van der Waals surface area contributed by atoms with Crippen LogP contribution in [0.1, 0.15) is 0 Å². The summed E-state index contributed by atoms with van der Waals surface area (Å²) in [5.41, 5.74) is 6.13. The number of nitrogens with one attached hydrogen (secondary N) is 1. The SMILES string of the molecule is Nc1cnn(CCNC(=O)COc2cccc(Cl)c2)c1. The van der Waals surface area contributed by atoms with E-state index in [0.29, 0.717) is 29.5 Å². The standard InChI is InChI=1S/C13H15ClN4O2/c14-10-2-1-3-12(6-10)20-9-13(19)16-4-5-18-8-11(15)7-17-18/h1-3,6-8H,4-5,9,15H2,(H,16,19). The molecule has 2 rings (SSSR count). The summed E-state index contributed by atoms with van der Waals surface area (Å²) < 4.78 is 6.98. The van der Waals surface area contributed by atoms with Crippen molar-refractivity contribution < 1.29 is 9.53 Å². The Balaban J connectivity index is 1.68. The van der Waals surface area contributed by atoms with Gasteiger partial charge in [-0.15, -0.1) is 0 Å². The molecule has 0 saturated carbocycles. The number of hydrogen-bond acceptors (Lipinski definition) is 4. The highest BCUT2D eigenvalue weighted by molar-refractivity contribution is 6.30. The van der Waals surface area contributed by atoms with Crippen LogP contribution in [0.25, 0.3) is 0 Å². The van der Waals surface area contributed by atoms with Crippen molar-refractivity contribution in [3.8, 4) is 5.75 Å². The predicted octanol–water partition coefficient (Wildman–Crippen LogP) is 1.31. The van der Waals surface area contributed by atoms with Gasteiger partial charge >= 0.3 is 0 Å². The van der Waals surface area contributed by atoms with E-state index in [1.807, 2.05) is 0 Å². The molecule has 6 nitrogen and oxygen atoms in total. The first-order valence-electron chi connectivity index (χ1n) is 6.06. The molecule has 1 aromatic carbocycles. The number of anilines is 1. The minimum absolute atomic E-state index is 0.0540. The maximum absolute atomic E-state index is 11.6. The molecule has 0 spiro atoms. The van der Waals surface area contributed by atoms with E-state index in [9.17, 15) is 4.79 Å². The number of benzene rings is 1. The van der Waals surface area contributed by atoms with E-state index in [2.05, 4.69) is 10.4 Å². The van der Waals surface area contributed by atoms with Crippen LogP contribution in [-0.2, 0) is 11.3 Å². The predicted molar refractivity (Wildman–Crippen MR) is 76.6 cm³/mol. The summed E-state index contributed by atoms with van der Waals surface area (Å²) in [4.78, 5) is 11.6. The lowest BCUT2D eigenvalue weighted by Gasteiger charge is -2.07. The monoisotopic (exact) mass is 294 g/mol. The van der Waals surface area contributed by atoms with Crippen molar-refractivity contribution >= 4 is 23.2 Å². The Bertz CT molecular complexity index is 585. The summed E-state index contributed by atoms with van der Waals surface area (Å²) in [5, 5.41) is 7.31. The number of nitrogens with two attached hydrogens (primary N) is 1. The first-order valence-corrected chi connectivity index (χ1v) is 6.44. The van der Waals surface area contributed by atoms with Crippen LogP contribution >= 0.6 is 11.6 Å². The molecular formula is C13H15ClN4O2. The van der Waals surface area contributed by atoms with E-state index in [-0.39, 0.29) is 12.5 Å². The number of nitrogens with zero attached hydrogens (tertiary/aromatic N) is 2. The van der Waals surface area contributed by atoms with Crippen LogP contribution in [0.15, 0.2) is 36.7 Å². The van der Waals surface area contributed by atoms with Gasteiger partial charge in [-0.1, -0.05) is 17.7 Å². The van der Waals surface area contributed by atoms with E-state index in [1.54, 1.807) is 41.3 Å². The molecular weight excluding hydrogens is 280 g/mol. The number of ether oxygens (including phenoxy) is 1. The largest absolute Gasteiger partial charge is 0.484 e. The fourth-order valence-electron chi connectivity index (χ4n) is 1.57. The number of carbonyl (C=O) groups excluding carboxylic acids is 1. The van der Waals surface area contributed by atoms with Crippen molar-refractivity contribution in [3.05, 3.63) is 41.7 Å². The molecule has 0 fully saturated rings. The van der Waals surface area contributed by atoms with Gasteiger partial charge in [-0.2, -0.15) is 5.10 Å². The molecule has 7 heteroatoms. The second-order valence-corrected chi connectivity index (χ2v) is 4.57. The molecule has 106 valence electrons. The van der Waals surface area contributed by atoms with Gasteiger partial charge in [0.05, 0.1) is 18.4 Å². The van der Waals surface area contributed by atoms with Gasteiger partial charge in [0.1, 0.15) is 5.75 Å². The van der Waals surface area contributed by atoms with Gasteiger partial charge in [0, 0.05) is 17.8 Å². The quantitative estimate of drug-likeness (QED) is 0.841. The third-order valence-electron chi connectivity index (χ3n) is 2.48. The first-order chi connectivity index (χ1) is 9.63. The van der Waals surface area contributed by atoms with E-state index in [4.69, 9.17) is 22.1 Å². The summed E-state index contributed by atoms with van der Waals surface area (Å²) in [6, 6.07) is 6.90. The normalized spacial score (nSPS) is 10.2. The van der Waals surface area contributed by atoms with Crippen LogP contribution in [0.5, 0.6) is 5.75 Å². The highest BCUT2D eigenvalue weighted by Gasteiger charge is 2.03. The van der Waals surface area contributed by atoms with Crippen LogP contribution in [0, 0.1) is 0 Å². The topological polar surface area (TPSA) is 82.2 Å². The average Bonchev–Trinajstić information content (AvgIpc) is 2.82. The highest BCUT2D eigenvalue weighted by Crippen LogP contribution is 2.16. The Kier molecular flexibility index (Phi) is 4.84. The number of amides is 1. The van der Waals surface area contributed by atoms with Gasteiger partial charge in [-0.05, 0) is 18.2 Å². The fourth-order valence-corrected chi connectivity index (χ4v) is 1.75.